The second kappa shape index (κ2) is 12.0. The van der Waals surface area contributed by atoms with Gasteiger partial charge < -0.3 is 0 Å². The van der Waals surface area contributed by atoms with Crippen LogP contribution in [-0.4, -0.2) is 0 Å². The monoisotopic (exact) mass is 389 g/mol. The molecule has 2 aliphatic rings. The van der Waals surface area contributed by atoms with Crippen LogP contribution in [0.5, 0.6) is 0 Å². The van der Waals surface area contributed by atoms with Crippen molar-refractivity contribution in [3.8, 4) is 6.07 Å². The lowest BCUT2D eigenvalue weighted by Gasteiger charge is -2.38. The molecule has 156 valence electrons. The van der Waals surface area contributed by atoms with E-state index in [9.17, 15) is 0 Å². The van der Waals surface area contributed by atoms with Gasteiger partial charge in [0.25, 0.3) is 0 Å². The van der Waals surface area contributed by atoms with Gasteiger partial charge in [0.15, 0.2) is 0 Å². The third kappa shape index (κ3) is 6.88. The van der Waals surface area contributed by atoms with Gasteiger partial charge in [-0.25, -0.2) is 0 Å². The second-order valence-electron chi connectivity index (χ2n) is 9.38. The van der Waals surface area contributed by atoms with E-state index in [2.05, 4.69) is 37.3 Å². The quantitative estimate of drug-likeness (QED) is 0.325. The SMILES string of the molecule is CCCc1ccc(C2CCC(C3CCC(CCC=CC=CC#N)CC3)CC2)cc1. The number of aryl methyl sites for hydroxylation is 1. The predicted octanol–water partition coefficient (Wildman–Crippen LogP) is 8.14. The highest BCUT2D eigenvalue weighted by atomic mass is 14.4. The fraction of sp³-hybridized carbons (Fsp3) is 0.607. The summed E-state index contributed by atoms with van der Waals surface area (Å²) in [4.78, 5) is 0. The average Bonchev–Trinajstić information content (AvgIpc) is 2.78. The molecule has 0 amide bonds. The number of hydrogen-bond acceptors (Lipinski definition) is 1. The Kier molecular flexibility index (Phi) is 9.07. The average molecular weight is 390 g/mol. The maximum absolute atomic E-state index is 8.49. The molecule has 1 heteroatoms. The summed E-state index contributed by atoms with van der Waals surface area (Å²) in [6.07, 6.45) is 24.0. The first-order chi connectivity index (χ1) is 14.3. The van der Waals surface area contributed by atoms with Crippen LogP contribution in [-0.2, 0) is 6.42 Å². The van der Waals surface area contributed by atoms with Crippen molar-refractivity contribution < 1.29 is 0 Å². The van der Waals surface area contributed by atoms with Gasteiger partial charge in [-0.1, -0.05) is 68.7 Å². The van der Waals surface area contributed by atoms with Crippen LogP contribution in [0.1, 0.15) is 94.6 Å². The molecule has 0 unspecified atom stereocenters. The minimum Gasteiger partial charge on any atom is -0.193 e. The Morgan fingerprint density at radius 3 is 2.17 bits per heavy atom. The van der Waals surface area contributed by atoms with Crippen LogP contribution in [0.3, 0.4) is 0 Å². The number of benzene rings is 1. The van der Waals surface area contributed by atoms with E-state index in [0.29, 0.717) is 0 Å². The van der Waals surface area contributed by atoms with Crippen molar-refractivity contribution in [1.29, 1.82) is 5.26 Å². The second-order valence-corrected chi connectivity index (χ2v) is 9.38. The summed E-state index contributed by atoms with van der Waals surface area (Å²) in [5.74, 6) is 3.71. The van der Waals surface area contributed by atoms with Crippen LogP contribution in [0.2, 0.25) is 0 Å². The van der Waals surface area contributed by atoms with Gasteiger partial charge >= 0.3 is 0 Å². The van der Waals surface area contributed by atoms with E-state index in [0.717, 1.165) is 30.1 Å². The molecule has 0 N–H and O–H groups in total. The summed E-state index contributed by atoms with van der Waals surface area (Å²) >= 11 is 0. The lowest BCUT2D eigenvalue weighted by Crippen LogP contribution is -2.25. The van der Waals surface area contributed by atoms with Gasteiger partial charge in [0.2, 0.25) is 0 Å². The maximum atomic E-state index is 8.49. The Morgan fingerprint density at radius 2 is 1.55 bits per heavy atom. The number of allylic oxidation sites excluding steroid dienone is 4. The van der Waals surface area contributed by atoms with E-state index in [4.69, 9.17) is 5.26 Å². The molecule has 0 heterocycles. The Bertz CT molecular complexity index is 674. The highest BCUT2D eigenvalue weighted by Crippen LogP contribution is 2.44. The third-order valence-electron chi connectivity index (χ3n) is 7.48. The van der Waals surface area contributed by atoms with Crippen molar-refractivity contribution >= 4 is 0 Å². The summed E-state index contributed by atoms with van der Waals surface area (Å²) < 4.78 is 0. The van der Waals surface area contributed by atoms with Crippen LogP contribution in [0, 0.1) is 29.1 Å². The molecule has 2 aliphatic carbocycles. The van der Waals surface area contributed by atoms with Crippen LogP contribution >= 0.6 is 0 Å². The third-order valence-corrected chi connectivity index (χ3v) is 7.48. The van der Waals surface area contributed by atoms with Gasteiger partial charge in [0, 0.05) is 6.08 Å². The highest BCUT2D eigenvalue weighted by molar-refractivity contribution is 5.26. The fourth-order valence-corrected chi connectivity index (χ4v) is 5.72. The van der Waals surface area contributed by atoms with Crippen LogP contribution in [0.25, 0.3) is 0 Å². The molecule has 0 bridgehead atoms. The first-order valence-electron chi connectivity index (χ1n) is 12.1. The molecule has 1 nitrogen and oxygen atoms in total. The molecule has 3 rings (SSSR count). The van der Waals surface area contributed by atoms with Crippen LogP contribution < -0.4 is 0 Å². The Balaban J connectivity index is 1.36. The molecular formula is C28H39N. The zero-order chi connectivity index (χ0) is 20.3. The molecule has 0 spiro atoms. The Labute approximate surface area is 178 Å². The van der Waals surface area contributed by atoms with E-state index < -0.39 is 0 Å². The van der Waals surface area contributed by atoms with Gasteiger partial charge in [0.1, 0.15) is 0 Å². The van der Waals surface area contributed by atoms with Crippen molar-refractivity contribution in [2.45, 2.75) is 89.9 Å². The van der Waals surface area contributed by atoms with Crippen molar-refractivity contribution in [1.82, 2.24) is 0 Å². The summed E-state index contributed by atoms with van der Waals surface area (Å²) in [7, 11) is 0. The largest absolute Gasteiger partial charge is 0.193 e. The summed E-state index contributed by atoms with van der Waals surface area (Å²) in [5.41, 5.74) is 3.08. The zero-order valence-electron chi connectivity index (χ0n) is 18.4. The molecule has 2 saturated carbocycles. The molecule has 29 heavy (non-hydrogen) atoms. The van der Waals surface area contributed by atoms with Crippen molar-refractivity contribution in [2.75, 3.05) is 0 Å². The van der Waals surface area contributed by atoms with Crippen LogP contribution in [0.4, 0.5) is 0 Å². The van der Waals surface area contributed by atoms with E-state index in [1.54, 1.807) is 5.56 Å². The molecular weight excluding hydrogens is 350 g/mol. The van der Waals surface area contributed by atoms with Gasteiger partial charge in [-0.15, -0.1) is 0 Å². The topological polar surface area (TPSA) is 23.8 Å². The van der Waals surface area contributed by atoms with Crippen molar-refractivity contribution in [2.24, 2.45) is 17.8 Å². The highest BCUT2D eigenvalue weighted by Gasteiger charge is 2.31. The van der Waals surface area contributed by atoms with Crippen LogP contribution in [0.15, 0.2) is 48.6 Å². The van der Waals surface area contributed by atoms with Crippen molar-refractivity contribution in [3.05, 3.63) is 59.7 Å². The Hall–Kier alpha value is -1.81. The smallest absolute Gasteiger partial charge is 0.0912 e. The normalized spacial score (nSPS) is 28.0. The number of hydrogen-bond donors (Lipinski definition) is 0. The maximum Gasteiger partial charge on any atom is 0.0912 e. The molecule has 1 aromatic rings. The predicted molar refractivity (Wildman–Crippen MR) is 124 cm³/mol. The first kappa shape index (κ1) is 21.9. The number of rotatable bonds is 8. The first-order valence-corrected chi connectivity index (χ1v) is 12.1. The summed E-state index contributed by atoms with van der Waals surface area (Å²) in [5, 5.41) is 8.49. The van der Waals surface area contributed by atoms with Crippen molar-refractivity contribution in [3.63, 3.8) is 0 Å². The Morgan fingerprint density at radius 1 is 0.897 bits per heavy atom. The lowest BCUT2D eigenvalue weighted by atomic mass is 9.68. The van der Waals surface area contributed by atoms with E-state index >= 15 is 0 Å². The molecule has 0 aromatic heterocycles. The van der Waals surface area contributed by atoms with Gasteiger partial charge in [-0.05, 0) is 92.6 Å². The summed E-state index contributed by atoms with van der Waals surface area (Å²) in [6.45, 7) is 2.26. The molecule has 0 radical (unpaired) electrons. The number of nitrogens with zero attached hydrogens (tertiary/aromatic N) is 1. The van der Waals surface area contributed by atoms with E-state index in [-0.39, 0.29) is 0 Å². The van der Waals surface area contributed by atoms with E-state index in [1.165, 1.54) is 82.3 Å². The van der Waals surface area contributed by atoms with Gasteiger partial charge in [-0.3, -0.25) is 0 Å². The van der Waals surface area contributed by atoms with Gasteiger partial charge in [-0.2, -0.15) is 5.26 Å². The standard InChI is InChI=1S/C28H39N/c1-2-8-23-10-14-25(15-11-23)27-18-20-28(21-19-27)26-16-12-24(13-17-26)9-6-4-3-5-7-22-29/h3-5,7,10-11,14-15,24,26-28H,2,6,8-9,12-13,16-21H2,1H3. The fourth-order valence-electron chi connectivity index (χ4n) is 5.72. The van der Waals surface area contributed by atoms with Gasteiger partial charge in [0.05, 0.1) is 6.07 Å². The minimum absolute atomic E-state index is 0.806. The molecule has 0 atom stereocenters. The molecule has 0 saturated heterocycles. The molecule has 0 aliphatic heterocycles. The molecule has 1 aromatic carbocycles. The lowest BCUT2D eigenvalue weighted by molar-refractivity contribution is 0.157. The zero-order valence-corrected chi connectivity index (χ0v) is 18.4. The summed E-state index contributed by atoms with van der Waals surface area (Å²) in [6, 6.07) is 11.6. The van der Waals surface area contributed by atoms with E-state index in [1.807, 2.05) is 18.2 Å². The number of nitriles is 1. The minimum atomic E-state index is 0.806. The molecule has 2 fully saturated rings.